The number of aromatic nitrogens is 1. The summed E-state index contributed by atoms with van der Waals surface area (Å²) in [5.74, 6) is 0.963. The van der Waals surface area contributed by atoms with E-state index in [0.717, 1.165) is 5.75 Å². The first-order valence-electron chi connectivity index (χ1n) is 5.06. The summed E-state index contributed by atoms with van der Waals surface area (Å²) in [5, 5.41) is 0. The molecule has 0 unspecified atom stereocenters. The molecule has 0 radical (unpaired) electrons. The molecule has 0 bridgehead atoms. The first kappa shape index (κ1) is 11.2. The second-order valence-electron chi connectivity index (χ2n) is 5.70. The molecule has 1 heterocycles. The summed E-state index contributed by atoms with van der Waals surface area (Å²) in [7, 11) is 0. The minimum Gasteiger partial charge on any atom is -0.486 e. The van der Waals surface area contributed by atoms with Crippen molar-refractivity contribution >= 4 is 0 Å². The fourth-order valence-corrected chi connectivity index (χ4v) is 1.35. The summed E-state index contributed by atoms with van der Waals surface area (Å²) in [4.78, 5) is 3.10. The third-order valence-electron chi connectivity index (χ3n) is 1.93. The Morgan fingerprint density at radius 3 is 2.00 bits per heavy atom. The van der Waals surface area contributed by atoms with E-state index in [1.807, 2.05) is 12.4 Å². The van der Waals surface area contributed by atoms with E-state index in [1.54, 1.807) is 0 Å². The molecule has 1 aromatic rings. The van der Waals surface area contributed by atoms with Crippen molar-refractivity contribution in [3.05, 3.63) is 18.0 Å². The zero-order valence-corrected chi connectivity index (χ0v) is 10.1. The zero-order chi connectivity index (χ0) is 11.0. The van der Waals surface area contributed by atoms with Gasteiger partial charge in [-0.15, -0.1) is 0 Å². The van der Waals surface area contributed by atoms with Crippen LogP contribution in [0.1, 0.15) is 47.1 Å². The third-order valence-corrected chi connectivity index (χ3v) is 1.93. The quantitative estimate of drug-likeness (QED) is 0.729. The molecule has 0 spiro atoms. The first-order valence-corrected chi connectivity index (χ1v) is 5.06. The van der Waals surface area contributed by atoms with Gasteiger partial charge in [-0.05, 0) is 26.2 Å². The molecule has 0 fully saturated rings. The van der Waals surface area contributed by atoms with Gasteiger partial charge in [0.15, 0.2) is 0 Å². The second kappa shape index (κ2) is 3.34. The van der Waals surface area contributed by atoms with Crippen LogP contribution in [0.4, 0.5) is 0 Å². The van der Waals surface area contributed by atoms with Crippen LogP contribution in [0.2, 0.25) is 0 Å². The van der Waals surface area contributed by atoms with Crippen molar-refractivity contribution in [2.24, 2.45) is 0 Å². The Hall–Kier alpha value is -0.920. The molecule has 0 saturated heterocycles. The minimum atomic E-state index is -0.137. The summed E-state index contributed by atoms with van der Waals surface area (Å²) in [6.45, 7) is 12.7. The number of rotatable bonds is 1. The lowest BCUT2D eigenvalue weighted by Crippen LogP contribution is -2.24. The summed E-state index contributed by atoms with van der Waals surface area (Å²) in [6, 6.07) is 0. The molecule has 80 valence electrons. The average Bonchev–Trinajstić information content (AvgIpc) is 2.29. The standard InChI is InChI=1S/C12H21NO/c1-11(2,3)9-7-13-8-10(9)14-12(4,5)6/h7-8,13H,1-6H3. The van der Waals surface area contributed by atoms with E-state index >= 15 is 0 Å². The predicted octanol–water partition coefficient (Wildman–Crippen LogP) is 3.49. The molecule has 2 heteroatoms. The number of nitrogens with one attached hydrogen (secondary N) is 1. The minimum absolute atomic E-state index is 0.126. The average molecular weight is 195 g/mol. The Morgan fingerprint density at radius 1 is 1.00 bits per heavy atom. The van der Waals surface area contributed by atoms with E-state index in [-0.39, 0.29) is 11.0 Å². The van der Waals surface area contributed by atoms with Crippen LogP contribution < -0.4 is 4.74 Å². The van der Waals surface area contributed by atoms with Gasteiger partial charge >= 0.3 is 0 Å². The van der Waals surface area contributed by atoms with E-state index in [2.05, 4.69) is 46.5 Å². The zero-order valence-electron chi connectivity index (χ0n) is 10.1. The fraction of sp³-hybridized carbons (Fsp3) is 0.667. The van der Waals surface area contributed by atoms with E-state index < -0.39 is 0 Å². The van der Waals surface area contributed by atoms with Gasteiger partial charge in [0.1, 0.15) is 11.4 Å². The number of hydrogen-bond acceptors (Lipinski definition) is 1. The van der Waals surface area contributed by atoms with Crippen molar-refractivity contribution in [3.8, 4) is 5.75 Å². The van der Waals surface area contributed by atoms with Crippen LogP contribution in [0.3, 0.4) is 0 Å². The lowest BCUT2D eigenvalue weighted by atomic mass is 9.88. The highest BCUT2D eigenvalue weighted by molar-refractivity contribution is 5.36. The fourth-order valence-electron chi connectivity index (χ4n) is 1.35. The molecule has 0 aliphatic heterocycles. The van der Waals surface area contributed by atoms with Crippen molar-refractivity contribution in [2.45, 2.75) is 52.6 Å². The van der Waals surface area contributed by atoms with Gasteiger partial charge in [0.25, 0.3) is 0 Å². The highest BCUT2D eigenvalue weighted by Gasteiger charge is 2.22. The van der Waals surface area contributed by atoms with Gasteiger partial charge < -0.3 is 9.72 Å². The lowest BCUT2D eigenvalue weighted by Gasteiger charge is -2.25. The normalized spacial score (nSPS) is 13.0. The molecule has 0 aromatic carbocycles. The van der Waals surface area contributed by atoms with Gasteiger partial charge in [-0.1, -0.05) is 20.8 Å². The SMILES string of the molecule is CC(C)(C)Oc1c[nH]cc1C(C)(C)C. The predicted molar refractivity (Wildman–Crippen MR) is 59.9 cm³/mol. The van der Waals surface area contributed by atoms with Crippen LogP contribution in [0, 0.1) is 0 Å². The van der Waals surface area contributed by atoms with Crippen molar-refractivity contribution in [2.75, 3.05) is 0 Å². The largest absolute Gasteiger partial charge is 0.486 e. The lowest BCUT2D eigenvalue weighted by molar-refractivity contribution is 0.128. The van der Waals surface area contributed by atoms with Gasteiger partial charge in [0.2, 0.25) is 0 Å². The van der Waals surface area contributed by atoms with Gasteiger partial charge in [0, 0.05) is 18.0 Å². The Labute approximate surface area is 86.7 Å². The molecule has 0 saturated carbocycles. The number of H-pyrrole nitrogens is 1. The summed E-state index contributed by atoms with van der Waals surface area (Å²) in [6.07, 6.45) is 3.94. The number of aromatic amines is 1. The maximum atomic E-state index is 5.87. The summed E-state index contributed by atoms with van der Waals surface area (Å²) < 4.78 is 5.87. The van der Waals surface area contributed by atoms with E-state index in [0.29, 0.717) is 0 Å². The van der Waals surface area contributed by atoms with Crippen LogP contribution >= 0.6 is 0 Å². The van der Waals surface area contributed by atoms with Crippen LogP contribution in [-0.2, 0) is 5.41 Å². The van der Waals surface area contributed by atoms with Crippen LogP contribution in [-0.4, -0.2) is 10.6 Å². The topological polar surface area (TPSA) is 25.0 Å². The van der Waals surface area contributed by atoms with Gasteiger partial charge in [-0.2, -0.15) is 0 Å². The van der Waals surface area contributed by atoms with Gasteiger partial charge in [0.05, 0.1) is 0 Å². The van der Waals surface area contributed by atoms with Crippen molar-refractivity contribution < 1.29 is 4.74 Å². The van der Waals surface area contributed by atoms with Crippen LogP contribution in [0.15, 0.2) is 12.4 Å². The molecule has 0 aliphatic carbocycles. The Balaban J connectivity index is 2.95. The van der Waals surface area contributed by atoms with E-state index in [1.165, 1.54) is 5.56 Å². The highest BCUT2D eigenvalue weighted by Crippen LogP contribution is 2.32. The van der Waals surface area contributed by atoms with Gasteiger partial charge in [-0.25, -0.2) is 0 Å². The maximum absolute atomic E-state index is 5.87. The monoisotopic (exact) mass is 195 g/mol. The smallest absolute Gasteiger partial charge is 0.141 e. The second-order valence-corrected chi connectivity index (χ2v) is 5.70. The third kappa shape index (κ3) is 2.79. The highest BCUT2D eigenvalue weighted by atomic mass is 16.5. The molecular weight excluding hydrogens is 174 g/mol. The van der Waals surface area contributed by atoms with Crippen LogP contribution in [0.5, 0.6) is 5.75 Å². The molecule has 0 aliphatic rings. The summed E-state index contributed by atoms with van der Waals surface area (Å²) >= 11 is 0. The van der Waals surface area contributed by atoms with Gasteiger partial charge in [-0.3, -0.25) is 0 Å². The first-order chi connectivity index (χ1) is 6.20. The molecule has 1 aromatic heterocycles. The van der Waals surface area contributed by atoms with E-state index in [9.17, 15) is 0 Å². The molecule has 1 rings (SSSR count). The van der Waals surface area contributed by atoms with Crippen molar-refractivity contribution in [1.29, 1.82) is 0 Å². The number of hydrogen-bond donors (Lipinski definition) is 1. The molecule has 1 N–H and O–H groups in total. The summed E-state index contributed by atoms with van der Waals surface area (Å²) in [5.41, 5.74) is 1.22. The Morgan fingerprint density at radius 2 is 1.57 bits per heavy atom. The Bertz CT molecular complexity index is 299. The van der Waals surface area contributed by atoms with Crippen molar-refractivity contribution in [3.63, 3.8) is 0 Å². The van der Waals surface area contributed by atoms with E-state index in [4.69, 9.17) is 4.74 Å². The maximum Gasteiger partial charge on any atom is 0.141 e. The molecule has 2 nitrogen and oxygen atoms in total. The molecular formula is C12H21NO. The molecule has 0 amide bonds. The van der Waals surface area contributed by atoms with Crippen molar-refractivity contribution in [1.82, 2.24) is 4.98 Å². The van der Waals surface area contributed by atoms with Crippen LogP contribution in [0.25, 0.3) is 0 Å². The molecule has 0 atom stereocenters. The molecule has 14 heavy (non-hydrogen) atoms. The Kier molecular flexibility index (Phi) is 2.66. The number of ether oxygens (including phenoxy) is 1.